The highest BCUT2D eigenvalue weighted by Gasteiger charge is 2.21. The van der Waals surface area contributed by atoms with Crippen LogP contribution in [0.2, 0.25) is 0 Å². The molecule has 0 aromatic heterocycles. The van der Waals surface area contributed by atoms with Crippen molar-refractivity contribution in [2.75, 3.05) is 13.2 Å². The molecular weight excluding hydrogens is 102 g/mol. The Bertz CT molecular complexity index is 72.6. The summed E-state index contributed by atoms with van der Waals surface area (Å²) in [6, 6.07) is 0. The van der Waals surface area contributed by atoms with Crippen molar-refractivity contribution >= 4 is 0 Å². The molecule has 8 heavy (non-hydrogen) atoms. The second kappa shape index (κ2) is 2.03. The monoisotopic (exact) mass is 115 g/mol. The van der Waals surface area contributed by atoms with Crippen molar-refractivity contribution < 1.29 is 4.74 Å². The summed E-state index contributed by atoms with van der Waals surface area (Å²) < 4.78 is 5.16. The van der Waals surface area contributed by atoms with E-state index < -0.39 is 0 Å². The molecule has 1 aliphatic rings. The Morgan fingerprint density at radius 2 is 2.38 bits per heavy atom. The summed E-state index contributed by atoms with van der Waals surface area (Å²) in [7, 11) is 0. The van der Waals surface area contributed by atoms with E-state index in [1.807, 2.05) is 6.92 Å². The van der Waals surface area contributed by atoms with Gasteiger partial charge in [-0.05, 0) is 19.8 Å². The van der Waals surface area contributed by atoms with E-state index in [1.54, 1.807) is 0 Å². The molecule has 0 saturated carbocycles. The topological polar surface area (TPSA) is 35.2 Å². The molecule has 2 N–H and O–H groups in total. The number of hydrogen-bond donors (Lipinski definition) is 1. The van der Waals surface area contributed by atoms with E-state index >= 15 is 0 Å². The molecular formula is C6H13NO. The van der Waals surface area contributed by atoms with E-state index in [-0.39, 0.29) is 5.54 Å². The Morgan fingerprint density at radius 1 is 1.62 bits per heavy atom. The van der Waals surface area contributed by atoms with Crippen LogP contribution in [0.25, 0.3) is 0 Å². The highest BCUT2D eigenvalue weighted by molar-refractivity contribution is 4.80. The molecule has 48 valence electrons. The van der Waals surface area contributed by atoms with Crippen molar-refractivity contribution in [2.24, 2.45) is 5.73 Å². The van der Waals surface area contributed by atoms with Crippen LogP contribution in [-0.4, -0.2) is 18.8 Å². The maximum absolute atomic E-state index is 5.75. The maximum atomic E-state index is 5.75. The number of rotatable bonds is 0. The predicted molar refractivity (Wildman–Crippen MR) is 32.6 cm³/mol. The summed E-state index contributed by atoms with van der Waals surface area (Å²) in [6.45, 7) is 3.66. The highest BCUT2D eigenvalue weighted by Crippen LogP contribution is 2.13. The molecule has 0 radical (unpaired) electrons. The summed E-state index contributed by atoms with van der Waals surface area (Å²) >= 11 is 0. The minimum absolute atomic E-state index is 0.0434. The van der Waals surface area contributed by atoms with E-state index in [0.717, 1.165) is 26.1 Å². The lowest BCUT2D eigenvalue weighted by molar-refractivity contribution is 0.0458. The molecule has 1 aliphatic heterocycles. The number of ether oxygens (including phenoxy) is 1. The third kappa shape index (κ3) is 1.46. The van der Waals surface area contributed by atoms with Crippen molar-refractivity contribution in [3.8, 4) is 0 Å². The molecule has 0 aliphatic carbocycles. The second-order valence-electron chi connectivity index (χ2n) is 2.81. The number of hydrogen-bond acceptors (Lipinski definition) is 2. The first-order valence-corrected chi connectivity index (χ1v) is 3.07. The fourth-order valence-electron chi connectivity index (χ4n) is 0.956. The molecule has 1 rings (SSSR count). The smallest absolute Gasteiger partial charge is 0.0643 e. The zero-order chi connectivity index (χ0) is 6.04. The van der Waals surface area contributed by atoms with Crippen molar-refractivity contribution in [1.29, 1.82) is 0 Å². The van der Waals surface area contributed by atoms with Gasteiger partial charge in [0, 0.05) is 12.1 Å². The lowest BCUT2D eigenvalue weighted by Crippen LogP contribution is -2.44. The second-order valence-corrected chi connectivity index (χ2v) is 2.81. The van der Waals surface area contributed by atoms with Gasteiger partial charge in [0.2, 0.25) is 0 Å². The van der Waals surface area contributed by atoms with Crippen LogP contribution < -0.4 is 5.73 Å². The van der Waals surface area contributed by atoms with Gasteiger partial charge in [-0.25, -0.2) is 0 Å². The molecule has 2 heteroatoms. The Kier molecular flexibility index (Phi) is 1.54. The van der Waals surface area contributed by atoms with E-state index in [2.05, 4.69) is 0 Å². The van der Waals surface area contributed by atoms with Gasteiger partial charge in [-0.2, -0.15) is 0 Å². The van der Waals surface area contributed by atoms with Crippen molar-refractivity contribution in [3.63, 3.8) is 0 Å². The minimum Gasteiger partial charge on any atom is -0.380 e. The number of nitrogens with two attached hydrogens (primary N) is 1. The molecule has 0 amide bonds. The Morgan fingerprint density at radius 3 is 2.62 bits per heavy atom. The molecule has 1 fully saturated rings. The lowest BCUT2D eigenvalue weighted by atomic mass is 9.97. The SMILES string of the molecule is C[C@]1(N)CCCOC1. The van der Waals surface area contributed by atoms with Gasteiger partial charge in [-0.1, -0.05) is 0 Å². The quantitative estimate of drug-likeness (QED) is 0.499. The first-order valence-electron chi connectivity index (χ1n) is 3.07. The third-order valence-electron chi connectivity index (χ3n) is 1.47. The molecule has 0 aromatic carbocycles. The highest BCUT2D eigenvalue weighted by atomic mass is 16.5. The van der Waals surface area contributed by atoms with Crippen LogP contribution in [0.4, 0.5) is 0 Å². The van der Waals surface area contributed by atoms with Crippen molar-refractivity contribution in [2.45, 2.75) is 25.3 Å². The average Bonchev–Trinajstić information content (AvgIpc) is 1.65. The summed E-state index contributed by atoms with van der Waals surface area (Å²) in [5, 5.41) is 0. The average molecular weight is 115 g/mol. The Balaban J connectivity index is 2.33. The normalized spacial score (nSPS) is 39.8. The predicted octanol–water partition coefficient (Wildman–Crippen LogP) is 0.514. The van der Waals surface area contributed by atoms with Crippen LogP contribution in [0.3, 0.4) is 0 Å². The minimum atomic E-state index is -0.0434. The standard InChI is InChI=1S/C6H13NO/c1-6(7)3-2-4-8-5-6/h2-5,7H2,1H3/t6-/m0/s1. The molecule has 0 spiro atoms. The summed E-state index contributed by atoms with van der Waals surface area (Å²) in [5.41, 5.74) is 5.71. The van der Waals surface area contributed by atoms with Gasteiger partial charge >= 0.3 is 0 Å². The largest absolute Gasteiger partial charge is 0.380 e. The summed E-state index contributed by atoms with van der Waals surface area (Å²) in [4.78, 5) is 0. The fourth-order valence-corrected chi connectivity index (χ4v) is 0.956. The Hall–Kier alpha value is -0.0800. The first kappa shape index (κ1) is 6.05. The van der Waals surface area contributed by atoms with Gasteiger partial charge in [-0.15, -0.1) is 0 Å². The van der Waals surface area contributed by atoms with E-state index in [0.29, 0.717) is 0 Å². The van der Waals surface area contributed by atoms with E-state index in [1.165, 1.54) is 0 Å². The maximum Gasteiger partial charge on any atom is 0.0643 e. The van der Waals surface area contributed by atoms with Crippen LogP contribution in [0.15, 0.2) is 0 Å². The van der Waals surface area contributed by atoms with Gasteiger partial charge in [-0.3, -0.25) is 0 Å². The molecule has 1 atom stereocenters. The van der Waals surface area contributed by atoms with Crippen LogP contribution >= 0.6 is 0 Å². The van der Waals surface area contributed by atoms with Crippen LogP contribution in [0.5, 0.6) is 0 Å². The molecule has 0 unspecified atom stereocenters. The van der Waals surface area contributed by atoms with Crippen LogP contribution in [-0.2, 0) is 4.74 Å². The van der Waals surface area contributed by atoms with Crippen LogP contribution in [0, 0.1) is 0 Å². The molecule has 1 saturated heterocycles. The molecule has 0 bridgehead atoms. The van der Waals surface area contributed by atoms with E-state index in [4.69, 9.17) is 10.5 Å². The molecule has 0 aromatic rings. The van der Waals surface area contributed by atoms with Gasteiger partial charge in [0.1, 0.15) is 0 Å². The van der Waals surface area contributed by atoms with Gasteiger partial charge in [0.05, 0.1) is 6.61 Å². The zero-order valence-corrected chi connectivity index (χ0v) is 5.31. The van der Waals surface area contributed by atoms with Crippen LogP contribution in [0.1, 0.15) is 19.8 Å². The first-order chi connectivity index (χ1) is 3.71. The van der Waals surface area contributed by atoms with Crippen molar-refractivity contribution in [1.82, 2.24) is 0 Å². The molecule has 2 nitrogen and oxygen atoms in total. The summed E-state index contributed by atoms with van der Waals surface area (Å²) in [5.74, 6) is 0. The third-order valence-corrected chi connectivity index (χ3v) is 1.47. The van der Waals surface area contributed by atoms with Gasteiger partial charge < -0.3 is 10.5 Å². The van der Waals surface area contributed by atoms with Crippen molar-refractivity contribution in [3.05, 3.63) is 0 Å². The molecule has 1 heterocycles. The fraction of sp³-hybridized carbons (Fsp3) is 1.00. The van der Waals surface area contributed by atoms with E-state index in [9.17, 15) is 0 Å². The van der Waals surface area contributed by atoms with Gasteiger partial charge in [0.15, 0.2) is 0 Å². The summed E-state index contributed by atoms with van der Waals surface area (Å²) in [6.07, 6.45) is 2.22. The van der Waals surface area contributed by atoms with Gasteiger partial charge in [0.25, 0.3) is 0 Å². The lowest BCUT2D eigenvalue weighted by Gasteiger charge is -2.28. The Labute approximate surface area is 50.0 Å². The zero-order valence-electron chi connectivity index (χ0n) is 5.31.